The zero-order chi connectivity index (χ0) is 36.2. The highest BCUT2D eigenvalue weighted by molar-refractivity contribution is 6.30. The third kappa shape index (κ3) is 4.33. The standard InChI is InChI=1S/C49H29N5O/c50-48(53-49-51-39-16-5-3-13-37(39)47(52-49)30-22-26-43-38(27-30)34-12-4-6-18-42(34)55-43)29-19-23-31(24-20-29)54-40-17-8-15-36-33-11-2-1-10-32(33)35-14-7-9-28-21-25-41(54)46(44(28)35)45(36)40/h1-27H,(H2,50,51,52,53). The topological polar surface area (TPSA) is 83.0 Å². The second-order valence-corrected chi connectivity index (χ2v) is 14.2. The van der Waals surface area contributed by atoms with Crippen LogP contribution in [0.2, 0.25) is 0 Å². The Morgan fingerprint density at radius 1 is 0.564 bits per heavy atom. The van der Waals surface area contributed by atoms with E-state index in [-0.39, 0.29) is 5.84 Å². The summed E-state index contributed by atoms with van der Waals surface area (Å²) in [5, 5.41) is 17.2. The molecule has 11 aromatic rings. The number of furan rings is 1. The molecule has 1 aliphatic carbocycles. The number of nitrogens with one attached hydrogen (secondary N) is 2. The maximum absolute atomic E-state index is 9.11. The number of H-pyrrole nitrogens is 1. The molecule has 0 saturated carbocycles. The highest BCUT2D eigenvalue weighted by Crippen LogP contribution is 2.49. The van der Waals surface area contributed by atoms with Gasteiger partial charge in [-0.05, 0) is 99.8 Å². The Labute approximate surface area is 313 Å². The van der Waals surface area contributed by atoms with Crippen LogP contribution < -0.4 is 5.62 Å². The van der Waals surface area contributed by atoms with E-state index >= 15 is 0 Å². The van der Waals surface area contributed by atoms with Crippen molar-refractivity contribution in [3.8, 4) is 39.2 Å². The van der Waals surface area contributed by atoms with Gasteiger partial charge in [0.15, 0.2) is 5.84 Å². The van der Waals surface area contributed by atoms with Crippen molar-refractivity contribution >= 4 is 71.3 Å². The van der Waals surface area contributed by atoms with Gasteiger partial charge in [0.1, 0.15) is 11.2 Å². The molecule has 6 heteroatoms. The van der Waals surface area contributed by atoms with Crippen LogP contribution in [0.5, 0.6) is 0 Å². The second-order valence-electron chi connectivity index (χ2n) is 14.2. The van der Waals surface area contributed by atoms with E-state index in [0.717, 1.165) is 60.8 Å². The molecule has 0 aliphatic heterocycles. The minimum absolute atomic E-state index is 0.124. The third-order valence-electron chi connectivity index (χ3n) is 11.2. The molecule has 0 amide bonds. The van der Waals surface area contributed by atoms with Gasteiger partial charge in [-0.3, -0.25) is 5.41 Å². The van der Waals surface area contributed by atoms with E-state index in [4.69, 9.17) is 19.8 Å². The lowest BCUT2D eigenvalue weighted by molar-refractivity contribution is 0.669. The quantitative estimate of drug-likeness (QED) is 0.142. The Morgan fingerprint density at radius 3 is 2.11 bits per heavy atom. The molecule has 0 atom stereocenters. The Kier molecular flexibility index (Phi) is 6.11. The van der Waals surface area contributed by atoms with E-state index in [9.17, 15) is 0 Å². The average molecular weight is 704 g/mol. The molecule has 12 rings (SSSR count). The van der Waals surface area contributed by atoms with Crippen LogP contribution in [0.15, 0.2) is 173 Å². The largest absolute Gasteiger partial charge is 0.456 e. The highest BCUT2D eigenvalue weighted by atomic mass is 16.3. The molecular formula is C49H29N5O. The highest BCUT2D eigenvalue weighted by Gasteiger charge is 2.24. The zero-order valence-electron chi connectivity index (χ0n) is 29.3. The molecule has 6 nitrogen and oxygen atoms in total. The van der Waals surface area contributed by atoms with Gasteiger partial charge in [-0.2, -0.15) is 4.99 Å². The van der Waals surface area contributed by atoms with Gasteiger partial charge in [0.05, 0.1) is 22.2 Å². The average Bonchev–Trinajstić information content (AvgIpc) is 3.75. The Morgan fingerprint density at radius 2 is 1.25 bits per heavy atom. The summed E-state index contributed by atoms with van der Waals surface area (Å²) in [5.41, 5.74) is 13.8. The maximum Gasteiger partial charge on any atom is 0.229 e. The molecule has 0 fully saturated rings. The summed E-state index contributed by atoms with van der Waals surface area (Å²) in [6.07, 6.45) is 0. The molecule has 2 N–H and O–H groups in total. The summed E-state index contributed by atoms with van der Waals surface area (Å²) in [7, 11) is 0. The Balaban J connectivity index is 0.978. The van der Waals surface area contributed by atoms with Crippen molar-refractivity contribution in [2.45, 2.75) is 0 Å². The minimum atomic E-state index is 0.124. The first-order valence-corrected chi connectivity index (χ1v) is 18.4. The van der Waals surface area contributed by atoms with Gasteiger partial charge < -0.3 is 14.0 Å². The number of hydrogen-bond donors (Lipinski definition) is 2. The van der Waals surface area contributed by atoms with E-state index in [2.05, 4.69) is 113 Å². The number of aromatic amines is 1. The van der Waals surface area contributed by atoms with Crippen molar-refractivity contribution in [1.82, 2.24) is 14.5 Å². The van der Waals surface area contributed by atoms with Gasteiger partial charge in [0.25, 0.3) is 0 Å². The lowest BCUT2D eigenvalue weighted by Gasteiger charge is -2.13. The third-order valence-corrected chi connectivity index (χ3v) is 11.2. The van der Waals surface area contributed by atoms with Crippen LogP contribution in [0.4, 0.5) is 0 Å². The van der Waals surface area contributed by atoms with Crippen LogP contribution in [0.25, 0.3) is 105 Å². The fraction of sp³-hybridized carbons (Fsp3) is 0. The number of benzene rings is 8. The summed E-state index contributed by atoms with van der Waals surface area (Å²) in [6.45, 7) is 0. The summed E-state index contributed by atoms with van der Waals surface area (Å²) >= 11 is 0. The van der Waals surface area contributed by atoms with Crippen LogP contribution >= 0.6 is 0 Å². The predicted octanol–water partition coefficient (Wildman–Crippen LogP) is 12.0. The molecule has 8 aromatic carbocycles. The Hall–Kier alpha value is -7.57. The summed E-state index contributed by atoms with van der Waals surface area (Å²) in [4.78, 5) is 13.1. The van der Waals surface area contributed by atoms with Gasteiger partial charge in [0.2, 0.25) is 5.62 Å². The number of hydrogen-bond acceptors (Lipinski definition) is 3. The summed E-state index contributed by atoms with van der Waals surface area (Å²) in [6, 6.07) is 57.0. The van der Waals surface area contributed by atoms with Crippen LogP contribution in [0.1, 0.15) is 5.56 Å². The SMILES string of the molecule is N=C(/N=c1/nc(-c2ccc3oc4ccccc4c3c2)c2ccccc2[nH]1)c1ccc(-n2c3cccc4c3c3c5c(cccc5ccc32)-c2ccccc2-4)cc1. The fourth-order valence-electron chi connectivity index (χ4n) is 8.80. The first-order valence-electron chi connectivity index (χ1n) is 18.4. The minimum Gasteiger partial charge on any atom is -0.456 e. The van der Waals surface area contributed by atoms with Gasteiger partial charge in [-0.15, -0.1) is 0 Å². The van der Waals surface area contributed by atoms with E-state index in [1.54, 1.807) is 0 Å². The van der Waals surface area contributed by atoms with Gasteiger partial charge >= 0.3 is 0 Å². The summed E-state index contributed by atoms with van der Waals surface area (Å²) in [5.74, 6) is 0.124. The molecule has 256 valence electrons. The molecule has 55 heavy (non-hydrogen) atoms. The number of para-hydroxylation sites is 2. The van der Waals surface area contributed by atoms with E-state index in [0.29, 0.717) is 11.2 Å². The van der Waals surface area contributed by atoms with E-state index in [1.165, 1.54) is 43.8 Å². The number of amidine groups is 1. The van der Waals surface area contributed by atoms with Crippen LogP contribution in [0.3, 0.4) is 0 Å². The van der Waals surface area contributed by atoms with Crippen molar-refractivity contribution < 1.29 is 4.42 Å². The molecule has 0 bridgehead atoms. The number of nitrogens with zero attached hydrogens (tertiary/aromatic N) is 3. The van der Waals surface area contributed by atoms with Gasteiger partial charge in [0, 0.05) is 43.7 Å². The van der Waals surface area contributed by atoms with Gasteiger partial charge in [-0.1, -0.05) is 97.1 Å². The van der Waals surface area contributed by atoms with Crippen molar-refractivity contribution in [2.75, 3.05) is 0 Å². The molecule has 0 saturated heterocycles. The molecule has 0 radical (unpaired) electrons. The lowest BCUT2D eigenvalue weighted by Crippen LogP contribution is -2.17. The van der Waals surface area contributed by atoms with Crippen LogP contribution in [-0.2, 0) is 0 Å². The number of rotatable bonds is 3. The van der Waals surface area contributed by atoms with Gasteiger partial charge in [-0.25, -0.2) is 4.98 Å². The Bertz CT molecular complexity index is 3510. The van der Waals surface area contributed by atoms with Crippen LogP contribution in [-0.4, -0.2) is 20.4 Å². The molecule has 3 aromatic heterocycles. The van der Waals surface area contributed by atoms with Crippen molar-refractivity contribution in [3.63, 3.8) is 0 Å². The normalized spacial score (nSPS) is 12.5. The number of aromatic nitrogens is 3. The molecule has 1 aliphatic rings. The molecule has 3 heterocycles. The molecular weight excluding hydrogens is 675 g/mol. The van der Waals surface area contributed by atoms with E-state index in [1.807, 2.05) is 60.7 Å². The smallest absolute Gasteiger partial charge is 0.229 e. The predicted molar refractivity (Wildman–Crippen MR) is 224 cm³/mol. The van der Waals surface area contributed by atoms with Crippen molar-refractivity contribution in [1.29, 1.82) is 5.41 Å². The monoisotopic (exact) mass is 703 g/mol. The summed E-state index contributed by atoms with van der Waals surface area (Å²) < 4.78 is 8.45. The number of fused-ring (bicyclic) bond motifs is 7. The first-order chi connectivity index (χ1) is 27.2. The lowest BCUT2D eigenvalue weighted by atomic mass is 9.93. The molecule has 0 spiro atoms. The molecule has 0 unspecified atom stereocenters. The second kappa shape index (κ2) is 11.2. The first kappa shape index (κ1) is 29.9. The zero-order valence-corrected chi connectivity index (χ0v) is 29.3. The fourth-order valence-corrected chi connectivity index (χ4v) is 8.80. The van der Waals surface area contributed by atoms with Crippen LogP contribution in [0, 0.1) is 5.41 Å². The van der Waals surface area contributed by atoms with Crippen molar-refractivity contribution in [2.24, 2.45) is 4.99 Å². The van der Waals surface area contributed by atoms with E-state index < -0.39 is 0 Å². The van der Waals surface area contributed by atoms with Crippen molar-refractivity contribution in [3.05, 3.63) is 175 Å². The maximum atomic E-state index is 9.11.